The van der Waals surface area contributed by atoms with Crippen LogP contribution in [-0.4, -0.2) is 59.4 Å². The minimum Gasteiger partial charge on any atom is -0.481 e. The lowest BCUT2D eigenvalue weighted by Gasteiger charge is -2.29. The average Bonchev–Trinajstić information content (AvgIpc) is 2.87. The zero-order valence-electron chi connectivity index (χ0n) is 13.9. The van der Waals surface area contributed by atoms with Crippen molar-refractivity contribution in [2.24, 2.45) is 28.3 Å². The molecule has 0 aromatic heterocycles. The van der Waals surface area contributed by atoms with E-state index in [1.165, 1.54) is 11.8 Å². The van der Waals surface area contributed by atoms with E-state index in [9.17, 15) is 19.5 Å². The number of aliphatic carboxylic acids is 1. The molecule has 0 heterocycles. The van der Waals surface area contributed by atoms with Gasteiger partial charge in [-0.2, -0.15) is 0 Å². The molecular formula is C15H25N5O4. The number of aliphatic imine (C=N–C) groups is 1. The summed E-state index contributed by atoms with van der Waals surface area (Å²) in [5.41, 5.74) is 10.9. The molecule has 0 aliphatic heterocycles. The number of nitrogens with zero attached hydrogens (tertiary/aromatic N) is 2. The second-order valence-corrected chi connectivity index (χ2v) is 5.98. The quantitative estimate of drug-likeness (QED) is 0.262. The van der Waals surface area contributed by atoms with Crippen LogP contribution in [0, 0.1) is 11.8 Å². The lowest BCUT2D eigenvalue weighted by Crippen LogP contribution is -2.52. The molecule has 0 saturated heterocycles. The normalized spacial score (nSPS) is 23.8. The number of carbonyl (C=O) groups is 3. The van der Waals surface area contributed by atoms with Crippen LogP contribution < -0.4 is 16.8 Å². The molecule has 24 heavy (non-hydrogen) atoms. The highest BCUT2D eigenvalue weighted by molar-refractivity contribution is 5.87. The molecule has 1 aliphatic carbocycles. The van der Waals surface area contributed by atoms with E-state index < -0.39 is 29.9 Å². The SMILES string of the molecule is C=CCN(C)C(=O)C(NC(C)=O)[C@H]1CC(C(=O)O)C[C@@H]1N=C(N)N. The van der Waals surface area contributed by atoms with E-state index in [1.54, 1.807) is 13.1 Å². The highest BCUT2D eigenvalue weighted by Crippen LogP contribution is 2.36. The first-order chi connectivity index (χ1) is 11.2. The van der Waals surface area contributed by atoms with Crippen molar-refractivity contribution < 1.29 is 19.5 Å². The van der Waals surface area contributed by atoms with Gasteiger partial charge in [-0.25, -0.2) is 4.99 Å². The van der Waals surface area contributed by atoms with Crippen molar-refractivity contribution in [3.05, 3.63) is 12.7 Å². The minimum absolute atomic E-state index is 0.176. The fourth-order valence-electron chi connectivity index (χ4n) is 3.04. The summed E-state index contributed by atoms with van der Waals surface area (Å²) in [6.07, 6.45) is 1.98. The van der Waals surface area contributed by atoms with Gasteiger partial charge in [0.25, 0.3) is 0 Å². The molecule has 0 aromatic carbocycles. The van der Waals surface area contributed by atoms with Crippen LogP contribution in [0.3, 0.4) is 0 Å². The number of carboxylic acid groups (broad SMARTS) is 1. The second-order valence-electron chi connectivity index (χ2n) is 5.98. The summed E-state index contributed by atoms with van der Waals surface area (Å²) >= 11 is 0. The molecule has 134 valence electrons. The van der Waals surface area contributed by atoms with Gasteiger partial charge in [0.2, 0.25) is 11.8 Å². The molecule has 6 N–H and O–H groups in total. The Bertz CT molecular complexity index is 544. The fraction of sp³-hybridized carbons (Fsp3) is 0.600. The Morgan fingerprint density at radius 3 is 2.50 bits per heavy atom. The van der Waals surface area contributed by atoms with Crippen LogP contribution in [0.2, 0.25) is 0 Å². The first kappa shape index (κ1) is 19.5. The molecule has 1 aliphatic rings. The zero-order valence-corrected chi connectivity index (χ0v) is 13.9. The van der Waals surface area contributed by atoms with Gasteiger partial charge < -0.3 is 26.8 Å². The maximum absolute atomic E-state index is 12.7. The van der Waals surface area contributed by atoms with Crippen molar-refractivity contribution in [2.45, 2.75) is 31.8 Å². The van der Waals surface area contributed by atoms with Crippen LogP contribution in [0.15, 0.2) is 17.6 Å². The molecule has 0 bridgehead atoms. The molecule has 4 atom stereocenters. The first-order valence-electron chi connectivity index (χ1n) is 7.61. The zero-order chi connectivity index (χ0) is 18.4. The molecule has 2 amide bonds. The number of nitrogens with two attached hydrogens (primary N) is 2. The number of hydrogen-bond donors (Lipinski definition) is 4. The topological polar surface area (TPSA) is 151 Å². The summed E-state index contributed by atoms with van der Waals surface area (Å²) < 4.78 is 0. The number of guanidine groups is 1. The fourth-order valence-corrected chi connectivity index (χ4v) is 3.04. The Morgan fingerprint density at radius 2 is 2.04 bits per heavy atom. The van der Waals surface area contributed by atoms with Gasteiger partial charge in [-0.05, 0) is 12.8 Å². The molecule has 0 radical (unpaired) electrons. The Labute approximate surface area is 140 Å². The van der Waals surface area contributed by atoms with Gasteiger partial charge >= 0.3 is 5.97 Å². The van der Waals surface area contributed by atoms with Gasteiger partial charge in [0.1, 0.15) is 6.04 Å². The van der Waals surface area contributed by atoms with Crippen LogP contribution in [0.4, 0.5) is 0 Å². The van der Waals surface area contributed by atoms with Gasteiger partial charge in [-0.15, -0.1) is 6.58 Å². The van der Waals surface area contributed by atoms with Gasteiger partial charge in [-0.1, -0.05) is 6.08 Å². The van der Waals surface area contributed by atoms with E-state index in [0.29, 0.717) is 6.54 Å². The minimum atomic E-state index is -0.971. The number of hydrogen-bond acceptors (Lipinski definition) is 4. The molecule has 1 saturated carbocycles. The molecular weight excluding hydrogens is 314 g/mol. The van der Waals surface area contributed by atoms with E-state index in [0.717, 1.165) is 0 Å². The lowest BCUT2D eigenvalue weighted by molar-refractivity contribution is -0.142. The summed E-state index contributed by atoms with van der Waals surface area (Å²) in [6.45, 7) is 5.18. The summed E-state index contributed by atoms with van der Waals surface area (Å²) in [6, 6.07) is -1.45. The van der Waals surface area contributed by atoms with Crippen LogP contribution in [0.25, 0.3) is 0 Å². The molecule has 2 unspecified atom stereocenters. The van der Waals surface area contributed by atoms with Gasteiger partial charge in [-0.3, -0.25) is 14.4 Å². The first-order valence-corrected chi connectivity index (χ1v) is 7.61. The summed E-state index contributed by atoms with van der Waals surface area (Å²) in [5.74, 6) is -3.04. The van der Waals surface area contributed by atoms with Crippen molar-refractivity contribution in [3.63, 3.8) is 0 Å². The number of rotatable bonds is 7. The predicted octanol–water partition coefficient (Wildman–Crippen LogP) is -1.11. The lowest BCUT2D eigenvalue weighted by atomic mass is 9.92. The van der Waals surface area contributed by atoms with Crippen molar-refractivity contribution >= 4 is 23.7 Å². The van der Waals surface area contributed by atoms with E-state index in [1.807, 2.05) is 0 Å². The summed E-state index contributed by atoms with van der Waals surface area (Å²) in [5, 5.41) is 11.9. The number of nitrogens with one attached hydrogen (secondary N) is 1. The van der Waals surface area contributed by atoms with E-state index in [4.69, 9.17) is 11.5 Å². The van der Waals surface area contributed by atoms with Crippen molar-refractivity contribution in [1.29, 1.82) is 0 Å². The maximum Gasteiger partial charge on any atom is 0.306 e. The highest BCUT2D eigenvalue weighted by Gasteiger charge is 2.45. The van der Waals surface area contributed by atoms with Crippen LogP contribution in [-0.2, 0) is 14.4 Å². The molecule has 0 aromatic rings. The monoisotopic (exact) mass is 339 g/mol. The van der Waals surface area contributed by atoms with E-state index in [2.05, 4.69) is 16.9 Å². The largest absolute Gasteiger partial charge is 0.481 e. The number of carbonyl (C=O) groups excluding carboxylic acids is 2. The highest BCUT2D eigenvalue weighted by atomic mass is 16.4. The van der Waals surface area contributed by atoms with Crippen LogP contribution >= 0.6 is 0 Å². The number of likely N-dealkylation sites (N-methyl/N-ethyl adjacent to an activating group) is 1. The standard InChI is InChI=1S/C15H25N5O4/c1-4-5-20(3)13(22)12(18-8(2)21)10-6-9(14(23)24)7-11(10)19-15(16)17/h4,9-12H,1,5-7H2,2-3H3,(H,18,21)(H,23,24)(H4,16,17,19)/t9?,10-,11-,12?/m0/s1. The third-order valence-electron chi connectivity index (χ3n) is 4.07. The average molecular weight is 339 g/mol. The van der Waals surface area contributed by atoms with Gasteiger partial charge in [0, 0.05) is 26.4 Å². The second kappa shape index (κ2) is 8.32. The Morgan fingerprint density at radius 1 is 1.42 bits per heavy atom. The Balaban J connectivity index is 3.14. The van der Waals surface area contributed by atoms with Crippen molar-refractivity contribution in [2.75, 3.05) is 13.6 Å². The summed E-state index contributed by atoms with van der Waals surface area (Å²) in [4.78, 5) is 41.0. The molecule has 1 fully saturated rings. The smallest absolute Gasteiger partial charge is 0.306 e. The summed E-state index contributed by atoms with van der Waals surface area (Å²) in [7, 11) is 1.58. The van der Waals surface area contributed by atoms with E-state index in [-0.39, 0.29) is 30.6 Å². The number of carboxylic acids is 1. The van der Waals surface area contributed by atoms with Crippen LogP contribution in [0.1, 0.15) is 19.8 Å². The predicted molar refractivity (Wildman–Crippen MR) is 88.9 cm³/mol. The maximum atomic E-state index is 12.7. The number of amides is 2. The third-order valence-corrected chi connectivity index (χ3v) is 4.07. The van der Waals surface area contributed by atoms with E-state index >= 15 is 0 Å². The van der Waals surface area contributed by atoms with Gasteiger partial charge in [0.15, 0.2) is 5.96 Å². The Hall–Kier alpha value is -2.58. The van der Waals surface area contributed by atoms with Crippen LogP contribution in [0.5, 0.6) is 0 Å². The van der Waals surface area contributed by atoms with Crippen molar-refractivity contribution in [1.82, 2.24) is 10.2 Å². The molecule has 9 heteroatoms. The Kier molecular flexibility index (Phi) is 6.75. The molecule has 0 spiro atoms. The van der Waals surface area contributed by atoms with Crippen molar-refractivity contribution in [3.8, 4) is 0 Å². The molecule has 1 rings (SSSR count). The third kappa shape index (κ3) is 4.97. The van der Waals surface area contributed by atoms with Gasteiger partial charge in [0.05, 0.1) is 12.0 Å². The molecule has 9 nitrogen and oxygen atoms in total.